The highest BCUT2D eigenvalue weighted by Crippen LogP contribution is 2.30. The Labute approximate surface area is 363 Å². The van der Waals surface area contributed by atoms with E-state index in [4.69, 9.17) is 49.1 Å². The predicted octanol–water partition coefficient (Wildman–Crippen LogP) is 1.29. The average Bonchev–Trinajstić information content (AvgIpc) is 4.02. The van der Waals surface area contributed by atoms with Gasteiger partial charge in [0.25, 0.3) is 0 Å². The number of nitrogens with one attached hydrogen (secondary N) is 3. The van der Waals surface area contributed by atoms with Gasteiger partial charge in [-0.3, -0.25) is 29.5 Å². The molecule has 62 heavy (non-hydrogen) atoms. The molecule has 0 saturated heterocycles. The number of aliphatic hydroxyl groups is 1. The maximum Gasteiger partial charge on any atom is 0.413 e. The summed E-state index contributed by atoms with van der Waals surface area (Å²) in [5.41, 5.74) is -1.84. The van der Waals surface area contributed by atoms with Crippen molar-refractivity contribution in [2.24, 2.45) is 10.9 Å². The summed E-state index contributed by atoms with van der Waals surface area (Å²) in [7, 11) is 1.10. The number of alkyl carbamates (subject to hydrolysis) is 1. The zero-order valence-corrected chi connectivity index (χ0v) is 37.2. The van der Waals surface area contributed by atoms with E-state index in [1.165, 1.54) is 13.0 Å². The molecule has 0 aromatic heterocycles. The highest BCUT2D eigenvalue weighted by Gasteiger charge is 2.46. The van der Waals surface area contributed by atoms with Crippen LogP contribution in [-0.2, 0) is 66.6 Å². The lowest BCUT2D eigenvalue weighted by Crippen LogP contribution is -2.61. The molecule has 0 unspecified atom stereocenters. The van der Waals surface area contributed by atoms with E-state index >= 15 is 0 Å². The minimum atomic E-state index is -1.56. The van der Waals surface area contributed by atoms with Gasteiger partial charge in [0.05, 0.1) is 58.8 Å². The molecule has 1 fully saturated rings. The van der Waals surface area contributed by atoms with E-state index in [1.807, 2.05) is 0 Å². The number of esters is 2. The average molecular weight is 883 g/mol. The van der Waals surface area contributed by atoms with Crippen LogP contribution in [0, 0.1) is 18.3 Å². The lowest BCUT2D eigenvalue weighted by Gasteiger charge is -2.40. The van der Waals surface area contributed by atoms with Crippen LogP contribution in [0.1, 0.15) is 80.6 Å². The summed E-state index contributed by atoms with van der Waals surface area (Å²) < 4.78 is 49.4. The van der Waals surface area contributed by atoms with Crippen molar-refractivity contribution < 1.29 is 76.5 Å². The third-order valence-electron chi connectivity index (χ3n) is 8.36. The van der Waals surface area contributed by atoms with Gasteiger partial charge in [0, 0.05) is 32.4 Å². The van der Waals surface area contributed by atoms with Crippen LogP contribution in [0.15, 0.2) is 16.8 Å². The number of methoxy groups -OCH3 is 1. The number of hydrogen-bond acceptors (Lipinski definition) is 17. The lowest BCUT2D eigenvalue weighted by atomic mass is 9.91. The number of carbonyl (C=O) groups is 6. The standard InChI is InChI=1S/C42H66N4O16/c1-10-15-55-17-19-57-21-22-58-20-18-56-16-11-12-29(48)26-59-36(31(49)25-43-38(51)28-13-14-28)37-35(44-27(2)47)30(23-32(60-37)39(52)54-9)45-33(24-34(50)61-41(3,4)5)46-40(53)62-42(6,7)8/h1,23,28,30-31,35-37,49H,11-22,24-26H2,2-9H3,(H,43,51)(H,44,47)(H,45,46,53)/t30-,31+,35+,36+,37+/m0/s1. The molecule has 3 amide bonds. The largest absolute Gasteiger partial charge is 0.478 e. The van der Waals surface area contributed by atoms with Crippen molar-refractivity contribution in [2.45, 2.75) is 122 Å². The van der Waals surface area contributed by atoms with Gasteiger partial charge < -0.3 is 58.4 Å². The number of nitrogens with zero attached hydrogens (tertiary/aromatic N) is 1. The second kappa shape index (κ2) is 27.4. The van der Waals surface area contributed by atoms with Crippen LogP contribution >= 0.6 is 0 Å². The molecule has 0 aromatic rings. The Morgan fingerprint density at radius 1 is 0.919 bits per heavy atom. The van der Waals surface area contributed by atoms with E-state index in [-0.39, 0.29) is 56.2 Å². The number of terminal acetylenes is 1. The van der Waals surface area contributed by atoms with E-state index < -0.39 is 84.3 Å². The Bertz CT molecular complexity index is 1540. The number of aliphatic hydroxyl groups excluding tert-OH is 1. The minimum Gasteiger partial charge on any atom is -0.478 e. The fourth-order valence-electron chi connectivity index (χ4n) is 5.62. The predicted molar refractivity (Wildman–Crippen MR) is 221 cm³/mol. The Kier molecular flexibility index (Phi) is 23.7. The zero-order chi connectivity index (χ0) is 46.3. The number of rotatable bonds is 27. The first kappa shape index (κ1) is 53.5. The molecule has 0 radical (unpaired) electrons. The third kappa shape index (κ3) is 23.0. The lowest BCUT2D eigenvalue weighted by molar-refractivity contribution is -0.156. The first-order chi connectivity index (χ1) is 29.2. The summed E-state index contributed by atoms with van der Waals surface area (Å²) in [5.74, 6) is -1.53. The maximum atomic E-state index is 13.1. The van der Waals surface area contributed by atoms with Gasteiger partial charge in [-0.25, -0.2) is 9.59 Å². The number of Topliss-reactive ketones (excluding diaryl/α,β-unsaturated/α-hetero) is 1. The SMILES string of the molecule is C#CCOCCOCCOCCOCCCC(=O)CO[C@@H]([C@@H]1OC(C(=O)OC)=C[C@H](N=C(CC(=O)OC(C)(C)C)NC(=O)OC(C)(C)C)[C@H]1NC(C)=O)[C@H](O)CNC(=O)C1CC1. The van der Waals surface area contributed by atoms with E-state index in [9.17, 15) is 33.9 Å². The number of ether oxygens (including phenoxy) is 9. The number of carbonyl (C=O) groups excluding carboxylic acids is 6. The molecule has 2 rings (SSSR count). The van der Waals surface area contributed by atoms with Gasteiger partial charge in [0.2, 0.25) is 17.6 Å². The van der Waals surface area contributed by atoms with E-state index in [2.05, 4.69) is 26.9 Å². The van der Waals surface area contributed by atoms with Crippen molar-refractivity contribution in [3.8, 4) is 12.3 Å². The van der Waals surface area contributed by atoms with Crippen LogP contribution < -0.4 is 16.0 Å². The van der Waals surface area contributed by atoms with Gasteiger partial charge >= 0.3 is 18.0 Å². The van der Waals surface area contributed by atoms with Gasteiger partial charge in [0.15, 0.2) is 11.9 Å². The molecule has 1 aliphatic heterocycles. The highest BCUT2D eigenvalue weighted by atomic mass is 16.6. The van der Waals surface area contributed by atoms with Gasteiger partial charge in [-0.2, -0.15) is 0 Å². The Balaban J connectivity index is 2.30. The number of aliphatic imine (C=N–C) groups is 1. The number of hydrogen-bond donors (Lipinski definition) is 4. The second-order valence-electron chi connectivity index (χ2n) is 16.4. The van der Waals surface area contributed by atoms with Gasteiger partial charge in [0.1, 0.15) is 48.9 Å². The van der Waals surface area contributed by atoms with Crippen LogP contribution in [0.4, 0.5) is 4.79 Å². The van der Waals surface area contributed by atoms with E-state index in [0.717, 1.165) is 7.11 Å². The van der Waals surface area contributed by atoms with Crippen LogP contribution in [0.3, 0.4) is 0 Å². The molecular formula is C42H66N4O16. The molecule has 1 aliphatic carbocycles. The number of amidine groups is 1. The van der Waals surface area contributed by atoms with Crippen molar-refractivity contribution in [3.05, 3.63) is 11.8 Å². The first-order valence-electron chi connectivity index (χ1n) is 20.6. The fraction of sp³-hybridized carbons (Fsp3) is 0.738. The summed E-state index contributed by atoms with van der Waals surface area (Å²) in [6.07, 6.45) is 1.99. The molecule has 0 bridgehead atoms. The third-order valence-corrected chi connectivity index (χ3v) is 8.36. The topological polar surface area (TPSA) is 254 Å². The molecule has 0 aromatic carbocycles. The Morgan fingerprint density at radius 3 is 2.06 bits per heavy atom. The molecule has 350 valence electrons. The summed E-state index contributed by atoms with van der Waals surface area (Å²) in [6, 6.07) is -2.58. The van der Waals surface area contributed by atoms with Crippen LogP contribution in [0.5, 0.6) is 0 Å². The Hall–Kier alpha value is -4.65. The van der Waals surface area contributed by atoms with Crippen LogP contribution in [0.25, 0.3) is 0 Å². The van der Waals surface area contributed by atoms with Gasteiger partial charge in [-0.15, -0.1) is 6.42 Å². The minimum absolute atomic E-state index is 0.0307. The molecule has 20 heteroatoms. The first-order valence-corrected chi connectivity index (χ1v) is 20.6. The molecule has 4 N–H and O–H groups in total. The number of amides is 3. The molecular weight excluding hydrogens is 816 g/mol. The quantitative estimate of drug-likeness (QED) is 0.0227. The van der Waals surface area contributed by atoms with E-state index in [0.29, 0.717) is 52.3 Å². The monoisotopic (exact) mass is 882 g/mol. The summed E-state index contributed by atoms with van der Waals surface area (Å²) in [5, 5.41) is 19.4. The number of ketones is 1. The molecule has 1 saturated carbocycles. The van der Waals surface area contributed by atoms with Crippen molar-refractivity contribution in [1.82, 2.24) is 16.0 Å². The Morgan fingerprint density at radius 2 is 1.52 bits per heavy atom. The summed E-state index contributed by atoms with van der Waals surface area (Å²) in [6.45, 7) is 12.8. The molecule has 2 aliphatic rings. The van der Waals surface area contributed by atoms with E-state index in [1.54, 1.807) is 41.5 Å². The fourth-order valence-corrected chi connectivity index (χ4v) is 5.62. The smallest absolute Gasteiger partial charge is 0.413 e. The normalized spacial score (nSPS) is 18.8. The van der Waals surface area contributed by atoms with Crippen molar-refractivity contribution in [2.75, 3.05) is 73.1 Å². The summed E-state index contributed by atoms with van der Waals surface area (Å²) in [4.78, 5) is 82.1. The zero-order valence-electron chi connectivity index (χ0n) is 37.2. The molecule has 0 spiro atoms. The van der Waals surface area contributed by atoms with Gasteiger partial charge in [-0.05, 0) is 66.9 Å². The summed E-state index contributed by atoms with van der Waals surface area (Å²) >= 11 is 0. The second-order valence-corrected chi connectivity index (χ2v) is 16.4. The van der Waals surface area contributed by atoms with Crippen LogP contribution in [-0.4, -0.2) is 161 Å². The van der Waals surface area contributed by atoms with Crippen LogP contribution in [0.2, 0.25) is 0 Å². The molecule has 5 atom stereocenters. The molecule has 1 heterocycles. The van der Waals surface area contributed by atoms with Gasteiger partial charge in [-0.1, -0.05) is 5.92 Å². The van der Waals surface area contributed by atoms with Crippen molar-refractivity contribution in [1.29, 1.82) is 0 Å². The van der Waals surface area contributed by atoms with Crippen molar-refractivity contribution in [3.63, 3.8) is 0 Å². The van der Waals surface area contributed by atoms with Crippen molar-refractivity contribution >= 4 is 41.5 Å². The highest BCUT2D eigenvalue weighted by molar-refractivity contribution is 6.04. The molecule has 20 nitrogen and oxygen atoms in total. The maximum absolute atomic E-state index is 13.1.